The van der Waals surface area contributed by atoms with Crippen LogP contribution in [0.2, 0.25) is 0 Å². The molecule has 4 rings (SSSR count). The van der Waals surface area contributed by atoms with E-state index in [2.05, 4.69) is 9.82 Å². The third-order valence-electron chi connectivity index (χ3n) is 5.61. The number of hydrazone groups is 1. The summed E-state index contributed by atoms with van der Waals surface area (Å²) in [6.45, 7) is 1.52. The van der Waals surface area contributed by atoms with Crippen molar-refractivity contribution < 1.29 is 26.0 Å². The van der Waals surface area contributed by atoms with E-state index >= 15 is 0 Å². The normalized spacial score (nSPS) is 16.1. The van der Waals surface area contributed by atoms with Crippen molar-refractivity contribution in [2.75, 3.05) is 17.6 Å². The van der Waals surface area contributed by atoms with Gasteiger partial charge in [-0.15, -0.1) is 0 Å². The molecule has 0 bridgehead atoms. The number of anilines is 1. The zero-order valence-corrected chi connectivity index (χ0v) is 20.7. The van der Waals surface area contributed by atoms with Gasteiger partial charge in [-0.3, -0.25) is 4.72 Å². The fourth-order valence-corrected chi connectivity index (χ4v) is 5.82. The lowest BCUT2D eigenvalue weighted by atomic mass is 9.98. The van der Waals surface area contributed by atoms with Crippen LogP contribution in [0.3, 0.4) is 0 Å². The predicted octanol–water partition coefficient (Wildman–Crippen LogP) is 4.14. The molecule has 184 valence electrons. The number of nitrogens with zero attached hydrogens (tertiary/aromatic N) is 2. The van der Waals surface area contributed by atoms with Crippen LogP contribution in [0, 0.1) is 5.82 Å². The average molecular weight is 518 g/mol. The van der Waals surface area contributed by atoms with E-state index in [1.807, 2.05) is 0 Å². The quantitative estimate of drug-likeness (QED) is 0.484. The lowest BCUT2D eigenvalue weighted by Gasteiger charge is -2.23. The molecule has 1 aliphatic heterocycles. The Hall–Kier alpha value is -3.44. The predicted molar refractivity (Wildman–Crippen MR) is 132 cm³/mol. The smallest absolute Gasteiger partial charge is 0.279 e. The van der Waals surface area contributed by atoms with E-state index in [0.29, 0.717) is 28.3 Å². The lowest BCUT2D eigenvalue weighted by Crippen LogP contribution is -2.27. The van der Waals surface area contributed by atoms with Gasteiger partial charge in [-0.05, 0) is 55.0 Å². The van der Waals surface area contributed by atoms with Crippen LogP contribution in [0.4, 0.5) is 10.1 Å². The van der Waals surface area contributed by atoms with E-state index in [4.69, 9.17) is 4.74 Å². The van der Waals surface area contributed by atoms with Crippen molar-refractivity contribution in [3.05, 3.63) is 89.7 Å². The average Bonchev–Trinajstić information content (AvgIpc) is 3.31. The molecule has 0 amide bonds. The Labute approximate surface area is 204 Å². The fraction of sp³-hybridized carbons (Fsp3) is 0.208. The molecule has 0 fully saturated rings. The van der Waals surface area contributed by atoms with Crippen molar-refractivity contribution in [2.24, 2.45) is 5.10 Å². The second kappa shape index (κ2) is 9.67. The maximum Gasteiger partial charge on any atom is 0.279 e. The lowest BCUT2D eigenvalue weighted by molar-refractivity contribution is 0.370. The molecule has 0 radical (unpaired) electrons. The molecule has 0 saturated carbocycles. The van der Waals surface area contributed by atoms with Gasteiger partial charge < -0.3 is 4.74 Å². The van der Waals surface area contributed by atoms with E-state index < -0.39 is 31.9 Å². The van der Waals surface area contributed by atoms with Crippen LogP contribution < -0.4 is 9.46 Å². The number of nitrogens with one attached hydrogen (secondary N) is 1. The molecule has 1 unspecified atom stereocenters. The zero-order valence-electron chi connectivity index (χ0n) is 19.0. The number of benzene rings is 3. The summed E-state index contributed by atoms with van der Waals surface area (Å²) in [7, 11) is -6.19. The first kappa shape index (κ1) is 24.7. The van der Waals surface area contributed by atoms with Gasteiger partial charge in [-0.25, -0.2) is 12.8 Å². The van der Waals surface area contributed by atoms with Crippen molar-refractivity contribution >= 4 is 31.4 Å². The number of rotatable bonds is 8. The van der Waals surface area contributed by atoms with Crippen LogP contribution in [-0.4, -0.2) is 39.8 Å². The summed E-state index contributed by atoms with van der Waals surface area (Å²) in [5.41, 5.74) is 1.84. The molecule has 1 atom stereocenters. The second-order valence-electron chi connectivity index (χ2n) is 7.82. The van der Waals surface area contributed by atoms with E-state index in [1.165, 1.54) is 26.2 Å². The Balaban J connectivity index is 1.81. The van der Waals surface area contributed by atoms with Crippen molar-refractivity contribution in [1.29, 1.82) is 0 Å². The monoisotopic (exact) mass is 517 g/mol. The summed E-state index contributed by atoms with van der Waals surface area (Å²) in [6, 6.07) is 17.5. The Morgan fingerprint density at radius 3 is 2.29 bits per heavy atom. The van der Waals surface area contributed by atoms with Gasteiger partial charge in [0.25, 0.3) is 10.0 Å². The van der Waals surface area contributed by atoms with Gasteiger partial charge in [0, 0.05) is 12.0 Å². The Morgan fingerprint density at radius 2 is 1.66 bits per heavy atom. The number of hydrogen-bond acceptors (Lipinski definition) is 6. The summed E-state index contributed by atoms with van der Waals surface area (Å²) < 4.78 is 73.7. The molecular formula is C24H24FN3O5S2. The number of halogens is 1. The maximum absolute atomic E-state index is 13.5. The van der Waals surface area contributed by atoms with Gasteiger partial charge in [-0.1, -0.05) is 30.3 Å². The Morgan fingerprint density at radius 1 is 1.00 bits per heavy atom. The molecule has 0 saturated heterocycles. The van der Waals surface area contributed by atoms with Gasteiger partial charge in [0.1, 0.15) is 11.6 Å². The molecule has 3 aromatic carbocycles. The number of hydrogen-bond donors (Lipinski definition) is 1. The summed E-state index contributed by atoms with van der Waals surface area (Å²) in [5.74, 6) is -0.0635. The summed E-state index contributed by atoms with van der Waals surface area (Å²) >= 11 is 0. The van der Waals surface area contributed by atoms with Crippen LogP contribution in [-0.2, 0) is 20.0 Å². The number of methoxy groups -OCH3 is 1. The molecule has 0 aromatic heterocycles. The minimum Gasteiger partial charge on any atom is -0.497 e. The van der Waals surface area contributed by atoms with E-state index in [0.717, 1.165) is 16.5 Å². The van der Waals surface area contributed by atoms with Gasteiger partial charge in [0.05, 0.1) is 35.2 Å². The molecule has 0 spiro atoms. The number of sulfonamides is 2. The molecule has 1 N–H and O–H groups in total. The molecule has 1 heterocycles. The highest BCUT2D eigenvalue weighted by atomic mass is 32.2. The zero-order chi connectivity index (χ0) is 25.2. The molecule has 1 aliphatic rings. The summed E-state index contributed by atoms with van der Waals surface area (Å²) in [4.78, 5) is -0.109. The topological polar surface area (TPSA) is 105 Å². The second-order valence-corrected chi connectivity index (χ2v) is 11.6. The van der Waals surface area contributed by atoms with Crippen molar-refractivity contribution in [3.63, 3.8) is 0 Å². The third kappa shape index (κ3) is 5.15. The van der Waals surface area contributed by atoms with Crippen LogP contribution in [0.5, 0.6) is 5.75 Å². The summed E-state index contributed by atoms with van der Waals surface area (Å²) in [6.07, 6.45) is 0.192. The molecule has 3 aromatic rings. The highest BCUT2D eigenvalue weighted by molar-refractivity contribution is 7.92. The SMILES string of the molecule is CCS(=O)(=O)Nc1ccccc1C1=NN(S(=O)(=O)c2ccc(F)cc2)C(c2ccc(OC)cc2)C1. The maximum atomic E-state index is 13.5. The van der Waals surface area contributed by atoms with Crippen molar-refractivity contribution in [2.45, 2.75) is 24.3 Å². The molecule has 35 heavy (non-hydrogen) atoms. The first-order chi connectivity index (χ1) is 16.6. The molecule has 0 aliphatic carbocycles. The van der Waals surface area contributed by atoms with Gasteiger partial charge >= 0.3 is 0 Å². The first-order valence-electron chi connectivity index (χ1n) is 10.8. The minimum atomic E-state index is -4.15. The van der Waals surface area contributed by atoms with Gasteiger partial charge in [0.2, 0.25) is 10.0 Å². The molecular weight excluding hydrogens is 493 g/mol. The van der Waals surface area contributed by atoms with Crippen LogP contribution in [0.15, 0.2) is 82.8 Å². The van der Waals surface area contributed by atoms with Crippen LogP contribution in [0.1, 0.15) is 30.5 Å². The Kier molecular flexibility index (Phi) is 6.82. The first-order valence-corrected chi connectivity index (χ1v) is 13.8. The standard InChI is InChI=1S/C24H24FN3O5S2/c1-3-34(29,30)27-22-7-5-4-6-21(22)23-16-24(17-8-12-19(33-2)13-9-17)28(26-23)35(31,32)20-14-10-18(25)11-15-20/h4-15,24,27H,3,16H2,1-2H3. The van der Waals surface area contributed by atoms with Crippen molar-refractivity contribution in [3.8, 4) is 5.75 Å². The van der Waals surface area contributed by atoms with E-state index in [1.54, 1.807) is 48.5 Å². The van der Waals surface area contributed by atoms with Crippen LogP contribution >= 0.6 is 0 Å². The van der Waals surface area contributed by atoms with Crippen LogP contribution in [0.25, 0.3) is 0 Å². The van der Waals surface area contributed by atoms with Crippen molar-refractivity contribution in [1.82, 2.24) is 4.41 Å². The third-order valence-corrected chi connectivity index (χ3v) is 8.60. The number of para-hydroxylation sites is 1. The highest BCUT2D eigenvalue weighted by Crippen LogP contribution is 2.38. The molecule has 11 heteroatoms. The largest absolute Gasteiger partial charge is 0.497 e. The van der Waals surface area contributed by atoms with Gasteiger partial charge in [-0.2, -0.15) is 17.9 Å². The van der Waals surface area contributed by atoms with E-state index in [-0.39, 0.29) is 17.1 Å². The Bertz CT molecular complexity index is 1460. The fourth-order valence-electron chi connectivity index (χ4n) is 3.73. The van der Waals surface area contributed by atoms with Gasteiger partial charge in [0.15, 0.2) is 0 Å². The number of ether oxygens (including phenoxy) is 1. The van der Waals surface area contributed by atoms with E-state index in [9.17, 15) is 21.2 Å². The molecule has 8 nitrogen and oxygen atoms in total. The highest BCUT2D eigenvalue weighted by Gasteiger charge is 2.38. The summed E-state index contributed by atoms with van der Waals surface area (Å²) in [5, 5.41) is 4.45. The minimum absolute atomic E-state index is 0.109.